The van der Waals surface area contributed by atoms with Crippen LogP contribution in [-0.2, 0) is 16.6 Å². The second kappa shape index (κ2) is 7.00. The number of rotatable bonds is 7. The van der Waals surface area contributed by atoms with Gasteiger partial charge in [-0.3, -0.25) is 0 Å². The molecule has 2 N–H and O–H groups in total. The van der Waals surface area contributed by atoms with E-state index in [9.17, 15) is 8.42 Å². The van der Waals surface area contributed by atoms with Gasteiger partial charge in [0.2, 0.25) is 10.0 Å². The third-order valence-electron chi connectivity index (χ3n) is 3.71. The van der Waals surface area contributed by atoms with Crippen molar-refractivity contribution in [3.8, 4) is 0 Å². The van der Waals surface area contributed by atoms with Crippen molar-refractivity contribution in [3.05, 3.63) is 16.3 Å². The Balaban J connectivity index is 2.01. The van der Waals surface area contributed by atoms with Gasteiger partial charge in [0.05, 0.1) is 4.90 Å². The Labute approximate surface area is 125 Å². The Morgan fingerprint density at radius 3 is 2.95 bits per heavy atom. The molecule has 1 aromatic rings. The van der Waals surface area contributed by atoms with Crippen LogP contribution in [0.25, 0.3) is 0 Å². The fourth-order valence-corrected chi connectivity index (χ4v) is 4.94. The van der Waals surface area contributed by atoms with E-state index in [-0.39, 0.29) is 0 Å². The van der Waals surface area contributed by atoms with E-state index in [1.165, 1.54) is 11.3 Å². The third kappa shape index (κ3) is 3.79. The van der Waals surface area contributed by atoms with Gasteiger partial charge < -0.3 is 10.2 Å². The van der Waals surface area contributed by atoms with Crippen molar-refractivity contribution in [1.29, 1.82) is 0 Å². The molecule has 0 radical (unpaired) electrons. The van der Waals surface area contributed by atoms with Gasteiger partial charge in [-0.2, -0.15) is 0 Å². The van der Waals surface area contributed by atoms with Gasteiger partial charge in [-0.25, -0.2) is 13.1 Å². The van der Waals surface area contributed by atoms with Crippen molar-refractivity contribution in [2.24, 2.45) is 0 Å². The first-order valence-corrected chi connectivity index (χ1v) is 9.38. The van der Waals surface area contributed by atoms with Crippen LogP contribution in [0.5, 0.6) is 0 Å². The highest BCUT2D eigenvalue weighted by Crippen LogP contribution is 2.22. The molecule has 0 bridgehead atoms. The van der Waals surface area contributed by atoms with Crippen molar-refractivity contribution < 1.29 is 8.42 Å². The van der Waals surface area contributed by atoms with Crippen LogP contribution in [0, 0.1) is 0 Å². The maximum Gasteiger partial charge on any atom is 0.241 e. The summed E-state index contributed by atoms with van der Waals surface area (Å²) >= 11 is 1.48. The van der Waals surface area contributed by atoms with Gasteiger partial charge in [-0.15, -0.1) is 11.3 Å². The minimum absolute atomic E-state index is 0.320. The first kappa shape index (κ1) is 15.9. The van der Waals surface area contributed by atoms with Gasteiger partial charge in [0, 0.05) is 24.0 Å². The fourth-order valence-electron chi connectivity index (χ4n) is 2.46. The number of likely N-dealkylation sites (N-methyl/N-ethyl adjacent to an activating group) is 1. The van der Waals surface area contributed by atoms with Gasteiger partial charge >= 0.3 is 0 Å². The molecule has 2 heterocycles. The Morgan fingerprint density at radius 2 is 2.30 bits per heavy atom. The molecule has 1 aliphatic heterocycles. The number of hydrogen-bond acceptors (Lipinski definition) is 5. The summed E-state index contributed by atoms with van der Waals surface area (Å²) in [6.07, 6.45) is 2.21. The molecule has 0 spiro atoms. The topological polar surface area (TPSA) is 61.4 Å². The largest absolute Gasteiger partial charge is 0.312 e. The lowest BCUT2D eigenvalue weighted by molar-refractivity contribution is 0.311. The molecule has 0 saturated carbocycles. The molecule has 0 aromatic carbocycles. The average molecular weight is 317 g/mol. The molecular weight excluding hydrogens is 294 g/mol. The van der Waals surface area contributed by atoms with E-state index in [0.717, 1.165) is 30.8 Å². The van der Waals surface area contributed by atoms with E-state index in [0.29, 0.717) is 24.0 Å². The van der Waals surface area contributed by atoms with E-state index < -0.39 is 10.0 Å². The second-order valence-electron chi connectivity index (χ2n) is 5.12. The van der Waals surface area contributed by atoms with Crippen molar-refractivity contribution >= 4 is 21.4 Å². The van der Waals surface area contributed by atoms with Crippen LogP contribution in [0.2, 0.25) is 0 Å². The first-order valence-electron chi connectivity index (χ1n) is 7.01. The average Bonchev–Trinajstić information content (AvgIpc) is 3.03. The van der Waals surface area contributed by atoms with Crippen molar-refractivity contribution in [2.45, 2.75) is 37.2 Å². The summed E-state index contributed by atoms with van der Waals surface area (Å²) in [5.74, 6) is 0. The number of likely N-dealkylation sites (tertiary alicyclic amines) is 1. The van der Waals surface area contributed by atoms with Crippen LogP contribution in [0.1, 0.15) is 24.6 Å². The van der Waals surface area contributed by atoms with Crippen molar-refractivity contribution in [2.75, 3.05) is 26.7 Å². The molecular formula is C13H23N3O2S2. The number of hydrogen-bond donors (Lipinski definition) is 2. The lowest BCUT2D eigenvalue weighted by atomic mass is 10.2. The van der Waals surface area contributed by atoms with Gasteiger partial charge in [-0.1, -0.05) is 6.92 Å². The van der Waals surface area contributed by atoms with Crippen LogP contribution in [0.15, 0.2) is 16.3 Å². The molecule has 2 rings (SSSR count). The number of thiophene rings is 1. The van der Waals surface area contributed by atoms with Gasteiger partial charge in [0.1, 0.15) is 0 Å². The standard InChI is InChI=1S/C13H23N3O2S2/c1-3-14-10-12-13(6-8-19-12)20(17,18)15-9-11-5-4-7-16(11)2/h6,8,11,14-15H,3-5,7,9-10H2,1-2H3. The fraction of sp³-hybridized carbons (Fsp3) is 0.692. The molecule has 5 nitrogen and oxygen atoms in total. The van der Waals surface area contributed by atoms with Gasteiger partial charge in [0.25, 0.3) is 0 Å². The summed E-state index contributed by atoms with van der Waals surface area (Å²) in [4.78, 5) is 3.51. The summed E-state index contributed by atoms with van der Waals surface area (Å²) in [5.41, 5.74) is 0. The normalized spacial score (nSPS) is 20.6. The molecule has 20 heavy (non-hydrogen) atoms. The molecule has 1 aliphatic rings. The van der Waals surface area contributed by atoms with Crippen LogP contribution in [0.4, 0.5) is 0 Å². The lowest BCUT2D eigenvalue weighted by Crippen LogP contribution is -2.38. The maximum atomic E-state index is 12.4. The van der Waals surface area contributed by atoms with E-state index in [2.05, 4.69) is 14.9 Å². The molecule has 114 valence electrons. The number of sulfonamides is 1. The zero-order valence-electron chi connectivity index (χ0n) is 12.1. The van der Waals surface area contributed by atoms with Gasteiger partial charge in [0.15, 0.2) is 0 Å². The summed E-state index contributed by atoms with van der Waals surface area (Å²) < 4.78 is 27.5. The summed E-state index contributed by atoms with van der Waals surface area (Å²) in [6.45, 7) is 4.99. The van der Waals surface area contributed by atoms with E-state index >= 15 is 0 Å². The molecule has 1 aromatic heterocycles. The molecule has 0 aliphatic carbocycles. The smallest absolute Gasteiger partial charge is 0.241 e. The third-order valence-corrected chi connectivity index (χ3v) is 6.27. The van der Waals surface area contributed by atoms with Gasteiger partial charge in [-0.05, 0) is 44.4 Å². The van der Waals surface area contributed by atoms with Crippen LogP contribution in [0.3, 0.4) is 0 Å². The zero-order chi connectivity index (χ0) is 14.6. The Hall–Kier alpha value is -0.470. The molecule has 7 heteroatoms. The lowest BCUT2D eigenvalue weighted by Gasteiger charge is -2.19. The molecule has 1 saturated heterocycles. The van der Waals surface area contributed by atoms with E-state index in [4.69, 9.17) is 0 Å². The first-order chi connectivity index (χ1) is 9.54. The number of nitrogens with zero attached hydrogens (tertiary/aromatic N) is 1. The Kier molecular flexibility index (Phi) is 5.57. The maximum absolute atomic E-state index is 12.4. The Morgan fingerprint density at radius 1 is 1.50 bits per heavy atom. The minimum Gasteiger partial charge on any atom is -0.312 e. The molecule has 0 amide bonds. The predicted octanol–water partition coefficient (Wildman–Crippen LogP) is 1.23. The van der Waals surface area contributed by atoms with Crippen LogP contribution >= 0.6 is 11.3 Å². The van der Waals surface area contributed by atoms with E-state index in [1.807, 2.05) is 19.4 Å². The zero-order valence-corrected chi connectivity index (χ0v) is 13.7. The molecule has 1 unspecified atom stereocenters. The predicted molar refractivity (Wildman–Crippen MR) is 82.5 cm³/mol. The molecule has 1 fully saturated rings. The second-order valence-corrected chi connectivity index (χ2v) is 7.85. The van der Waals surface area contributed by atoms with Crippen LogP contribution in [-0.4, -0.2) is 46.0 Å². The van der Waals surface area contributed by atoms with E-state index in [1.54, 1.807) is 6.07 Å². The Bertz CT molecular complexity index is 527. The summed E-state index contributed by atoms with van der Waals surface area (Å²) in [7, 11) is -1.35. The van der Waals surface area contributed by atoms with Crippen molar-refractivity contribution in [3.63, 3.8) is 0 Å². The summed E-state index contributed by atoms with van der Waals surface area (Å²) in [5, 5.41) is 5.01. The SMILES string of the molecule is CCNCc1sccc1S(=O)(=O)NCC1CCCN1C. The minimum atomic E-state index is -3.40. The van der Waals surface area contributed by atoms with Crippen molar-refractivity contribution in [1.82, 2.24) is 14.9 Å². The highest BCUT2D eigenvalue weighted by atomic mass is 32.2. The molecule has 1 atom stereocenters. The monoisotopic (exact) mass is 317 g/mol. The highest BCUT2D eigenvalue weighted by molar-refractivity contribution is 7.89. The highest BCUT2D eigenvalue weighted by Gasteiger charge is 2.25. The number of nitrogens with one attached hydrogen (secondary N) is 2. The van der Waals surface area contributed by atoms with Crippen LogP contribution < -0.4 is 10.0 Å². The summed E-state index contributed by atoms with van der Waals surface area (Å²) in [6, 6.07) is 2.01. The quantitative estimate of drug-likeness (QED) is 0.794.